The number of carbonyl (C=O) groups is 2. The van der Waals surface area contributed by atoms with Crippen LogP contribution < -0.4 is 10.6 Å². The fraction of sp³-hybridized carbons (Fsp3) is 0.905. The van der Waals surface area contributed by atoms with Crippen LogP contribution in [0.3, 0.4) is 0 Å². The molecule has 2 saturated heterocycles. The Morgan fingerprint density at radius 2 is 1.44 bits per heavy atom. The van der Waals surface area contributed by atoms with Gasteiger partial charge in [-0.15, -0.1) is 12.4 Å². The van der Waals surface area contributed by atoms with Gasteiger partial charge in [-0.3, -0.25) is 9.59 Å². The molecule has 0 aromatic carbocycles. The predicted molar refractivity (Wildman–Crippen MR) is 109 cm³/mol. The fourth-order valence-electron chi connectivity index (χ4n) is 5.80. The number of rotatable bonds is 4. The minimum Gasteiger partial charge on any atom is -0.353 e. The van der Waals surface area contributed by atoms with Gasteiger partial charge in [-0.05, 0) is 64.2 Å². The molecular formula is C21H36ClN3O2. The van der Waals surface area contributed by atoms with Gasteiger partial charge in [-0.2, -0.15) is 0 Å². The van der Waals surface area contributed by atoms with Crippen LogP contribution in [-0.4, -0.2) is 47.9 Å². The highest BCUT2D eigenvalue weighted by atomic mass is 35.5. The fourth-order valence-corrected chi connectivity index (χ4v) is 5.80. The van der Waals surface area contributed by atoms with Crippen molar-refractivity contribution in [3.05, 3.63) is 0 Å². The summed E-state index contributed by atoms with van der Waals surface area (Å²) in [4.78, 5) is 27.4. The van der Waals surface area contributed by atoms with Crippen LogP contribution in [0.5, 0.6) is 0 Å². The summed E-state index contributed by atoms with van der Waals surface area (Å²) in [5.41, 5.74) is 0. The molecule has 2 aliphatic carbocycles. The van der Waals surface area contributed by atoms with E-state index < -0.39 is 0 Å². The maximum absolute atomic E-state index is 13.0. The highest BCUT2D eigenvalue weighted by Crippen LogP contribution is 2.32. The van der Waals surface area contributed by atoms with Gasteiger partial charge in [0.2, 0.25) is 11.8 Å². The number of halogens is 1. The lowest BCUT2D eigenvalue weighted by Crippen LogP contribution is -2.50. The summed E-state index contributed by atoms with van der Waals surface area (Å²) in [6.07, 6.45) is 13.1. The van der Waals surface area contributed by atoms with Crippen LogP contribution in [0.15, 0.2) is 0 Å². The minimum absolute atomic E-state index is 0. The zero-order valence-electron chi connectivity index (χ0n) is 16.6. The van der Waals surface area contributed by atoms with E-state index in [0.29, 0.717) is 24.0 Å². The molecule has 2 N–H and O–H groups in total. The summed E-state index contributed by atoms with van der Waals surface area (Å²) < 4.78 is 0. The van der Waals surface area contributed by atoms with Crippen molar-refractivity contribution in [3.8, 4) is 0 Å². The Balaban J connectivity index is 0.00000210. The van der Waals surface area contributed by atoms with Gasteiger partial charge >= 0.3 is 0 Å². The van der Waals surface area contributed by atoms with Crippen molar-refractivity contribution in [2.24, 2.45) is 11.8 Å². The third-order valence-corrected chi connectivity index (χ3v) is 7.49. The maximum Gasteiger partial charge on any atom is 0.225 e. The summed E-state index contributed by atoms with van der Waals surface area (Å²) in [6.45, 7) is 0. The van der Waals surface area contributed by atoms with Crippen molar-refractivity contribution in [2.45, 2.75) is 101 Å². The highest BCUT2D eigenvalue weighted by molar-refractivity contribution is 5.85. The Labute approximate surface area is 169 Å². The van der Waals surface area contributed by atoms with E-state index in [1.54, 1.807) is 0 Å². The number of piperidine rings is 1. The zero-order chi connectivity index (χ0) is 18.1. The van der Waals surface area contributed by atoms with E-state index in [1.165, 1.54) is 25.7 Å². The number of nitrogens with one attached hydrogen (secondary N) is 2. The molecular weight excluding hydrogens is 362 g/mol. The van der Waals surface area contributed by atoms with Crippen LogP contribution in [0, 0.1) is 11.8 Å². The zero-order valence-corrected chi connectivity index (χ0v) is 17.4. The predicted octanol–water partition coefficient (Wildman–Crippen LogP) is 3.01. The standard InChI is InChI=1S/C21H35N3O2.ClH/c1-24(19-12-17-10-11-18(13-19)22-17)21(26)15-6-8-16(9-7-15)23-20(25)14-4-2-3-5-14;/h14-19,22H,2-13H2,1H3,(H,23,25);1H. The minimum atomic E-state index is 0. The Morgan fingerprint density at radius 1 is 0.852 bits per heavy atom. The van der Waals surface area contributed by atoms with E-state index in [4.69, 9.17) is 0 Å². The van der Waals surface area contributed by atoms with Crippen molar-refractivity contribution < 1.29 is 9.59 Å². The topological polar surface area (TPSA) is 61.4 Å². The summed E-state index contributed by atoms with van der Waals surface area (Å²) in [7, 11) is 2.02. The largest absolute Gasteiger partial charge is 0.353 e. The third kappa shape index (κ3) is 4.79. The smallest absolute Gasteiger partial charge is 0.225 e. The van der Waals surface area contributed by atoms with Gasteiger partial charge in [0, 0.05) is 43.1 Å². The van der Waals surface area contributed by atoms with E-state index in [2.05, 4.69) is 15.5 Å². The molecule has 2 bridgehead atoms. The first-order chi connectivity index (χ1) is 12.6. The van der Waals surface area contributed by atoms with Crippen molar-refractivity contribution in [2.75, 3.05) is 7.05 Å². The van der Waals surface area contributed by atoms with Crippen molar-refractivity contribution in [1.82, 2.24) is 15.5 Å². The van der Waals surface area contributed by atoms with Crippen LogP contribution in [0.25, 0.3) is 0 Å². The SMILES string of the molecule is CN(C(=O)C1CCC(NC(=O)C2CCCC2)CC1)C1CC2CCC(C1)N2.Cl. The van der Waals surface area contributed by atoms with Gasteiger partial charge in [-0.1, -0.05) is 12.8 Å². The number of nitrogens with zero attached hydrogens (tertiary/aromatic N) is 1. The van der Waals surface area contributed by atoms with E-state index in [0.717, 1.165) is 51.4 Å². The van der Waals surface area contributed by atoms with Gasteiger partial charge in [0.25, 0.3) is 0 Å². The van der Waals surface area contributed by atoms with Crippen molar-refractivity contribution in [1.29, 1.82) is 0 Å². The first kappa shape index (κ1) is 20.9. The van der Waals surface area contributed by atoms with Gasteiger partial charge in [-0.25, -0.2) is 0 Å². The molecule has 0 aromatic heterocycles. The molecule has 2 aliphatic heterocycles. The molecule has 5 nitrogen and oxygen atoms in total. The molecule has 0 spiro atoms. The number of amides is 2. The van der Waals surface area contributed by atoms with E-state index >= 15 is 0 Å². The van der Waals surface area contributed by atoms with Crippen LogP contribution >= 0.6 is 12.4 Å². The van der Waals surface area contributed by atoms with Crippen molar-refractivity contribution in [3.63, 3.8) is 0 Å². The second-order valence-electron chi connectivity index (χ2n) is 9.25. The number of fused-ring (bicyclic) bond motifs is 2. The first-order valence-electron chi connectivity index (χ1n) is 10.9. The number of hydrogen-bond acceptors (Lipinski definition) is 3. The summed E-state index contributed by atoms with van der Waals surface area (Å²) in [5.74, 6) is 1.01. The highest BCUT2D eigenvalue weighted by Gasteiger charge is 2.38. The Hall–Kier alpha value is -0.810. The summed E-state index contributed by atoms with van der Waals surface area (Å²) in [6, 6.07) is 1.94. The Kier molecular flexibility index (Phi) is 7.07. The summed E-state index contributed by atoms with van der Waals surface area (Å²) in [5, 5.41) is 6.92. The average Bonchev–Trinajstić information content (AvgIpc) is 3.31. The van der Waals surface area contributed by atoms with Gasteiger partial charge in [0.15, 0.2) is 0 Å². The molecule has 2 unspecified atom stereocenters. The molecule has 2 amide bonds. The van der Waals surface area contributed by atoms with Crippen LogP contribution in [0.4, 0.5) is 0 Å². The normalized spacial score (nSPS) is 36.1. The van der Waals surface area contributed by atoms with Gasteiger partial charge in [0.05, 0.1) is 0 Å². The lowest BCUT2D eigenvalue weighted by molar-refractivity contribution is -0.138. The molecule has 4 fully saturated rings. The lowest BCUT2D eigenvalue weighted by Gasteiger charge is -2.38. The Bertz CT molecular complexity index is 518. The van der Waals surface area contributed by atoms with Crippen molar-refractivity contribution >= 4 is 24.2 Å². The van der Waals surface area contributed by atoms with Crippen LogP contribution in [0.1, 0.15) is 77.0 Å². The molecule has 2 saturated carbocycles. The second kappa shape index (κ2) is 9.13. The molecule has 2 heterocycles. The molecule has 6 heteroatoms. The monoisotopic (exact) mass is 397 g/mol. The van der Waals surface area contributed by atoms with Gasteiger partial charge in [0.1, 0.15) is 0 Å². The molecule has 0 aromatic rings. The van der Waals surface area contributed by atoms with E-state index in [9.17, 15) is 9.59 Å². The lowest BCUT2D eigenvalue weighted by atomic mass is 9.84. The third-order valence-electron chi connectivity index (χ3n) is 7.49. The molecule has 0 radical (unpaired) electrons. The number of hydrogen-bond donors (Lipinski definition) is 2. The average molecular weight is 398 g/mol. The number of carbonyl (C=O) groups excluding carboxylic acids is 2. The maximum atomic E-state index is 13.0. The Morgan fingerprint density at radius 3 is 2.04 bits per heavy atom. The molecule has 4 rings (SSSR count). The molecule has 27 heavy (non-hydrogen) atoms. The second-order valence-corrected chi connectivity index (χ2v) is 9.25. The first-order valence-corrected chi connectivity index (χ1v) is 10.9. The van der Waals surface area contributed by atoms with Gasteiger partial charge < -0.3 is 15.5 Å². The van der Waals surface area contributed by atoms with E-state index in [1.807, 2.05) is 7.05 Å². The molecule has 2 atom stereocenters. The summed E-state index contributed by atoms with van der Waals surface area (Å²) >= 11 is 0. The molecule has 154 valence electrons. The van der Waals surface area contributed by atoms with Crippen LogP contribution in [0.2, 0.25) is 0 Å². The van der Waals surface area contributed by atoms with Crippen LogP contribution in [-0.2, 0) is 9.59 Å². The quantitative estimate of drug-likeness (QED) is 0.766. The molecule has 4 aliphatic rings. The van der Waals surface area contributed by atoms with E-state index in [-0.39, 0.29) is 36.2 Å².